The third-order valence-corrected chi connectivity index (χ3v) is 4.20. The van der Waals surface area contributed by atoms with Crippen LogP contribution in [-0.2, 0) is 4.79 Å². The minimum atomic E-state index is -0.185. The maximum Gasteiger partial charge on any atom is 0.286 e. The summed E-state index contributed by atoms with van der Waals surface area (Å²) in [7, 11) is 0. The molecule has 2 aliphatic rings. The third-order valence-electron chi connectivity index (χ3n) is 3.15. The van der Waals surface area contributed by atoms with Crippen LogP contribution in [0, 0.1) is 0 Å². The van der Waals surface area contributed by atoms with Crippen molar-refractivity contribution >= 4 is 28.9 Å². The van der Waals surface area contributed by atoms with Gasteiger partial charge in [0.1, 0.15) is 5.75 Å². The number of aromatic hydroxyl groups is 1. The number of likely N-dealkylation sites (tertiary alicyclic amines) is 1. The van der Waals surface area contributed by atoms with Gasteiger partial charge >= 0.3 is 0 Å². The summed E-state index contributed by atoms with van der Waals surface area (Å²) in [6, 6.07) is 6.86. The topological polar surface area (TPSA) is 52.9 Å². The summed E-state index contributed by atoms with van der Waals surface area (Å²) in [5.41, 5.74) is 0.814. The fourth-order valence-electron chi connectivity index (χ4n) is 2.21. The van der Waals surface area contributed by atoms with E-state index in [0.717, 1.165) is 23.8 Å². The summed E-state index contributed by atoms with van der Waals surface area (Å²) in [5.74, 6) is 0.0146. The Kier molecular flexibility index (Phi) is 3.29. The zero-order valence-corrected chi connectivity index (χ0v) is 11.2. The molecule has 0 spiro atoms. The minimum Gasteiger partial charge on any atom is -0.508 e. The zero-order chi connectivity index (χ0) is 13.2. The highest BCUT2D eigenvalue weighted by Crippen LogP contribution is 2.31. The van der Waals surface area contributed by atoms with Crippen LogP contribution in [0.2, 0.25) is 0 Å². The van der Waals surface area contributed by atoms with Crippen LogP contribution in [0.15, 0.2) is 34.2 Å². The molecule has 0 saturated carbocycles. The Morgan fingerprint density at radius 2 is 2.11 bits per heavy atom. The molecule has 0 radical (unpaired) electrons. The average Bonchev–Trinajstić information content (AvgIpc) is 3.00. The molecule has 1 N–H and O–H groups in total. The molecule has 2 heterocycles. The van der Waals surface area contributed by atoms with Gasteiger partial charge in [-0.05, 0) is 48.4 Å². The van der Waals surface area contributed by atoms with Crippen LogP contribution >= 0.6 is 11.8 Å². The van der Waals surface area contributed by atoms with E-state index in [4.69, 9.17) is 0 Å². The maximum absolute atomic E-state index is 11.9. The number of rotatable bonds is 1. The Morgan fingerprint density at radius 3 is 2.84 bits per heavy atom. The second-order valence-electron chi connectivity index (χ2n) is 4.60. The normalized spacial score (nSPS) is 21.3. The Hall–Kier alpha value is -1.75. The molecule has 0 bridgehead atoms. The Balaban J connectivity index is 1.79. The first kappa shape index (κ1) is 12.3. The summed E-state index contributed by atoms with van der Waals surface area (Å²) in [5, 5.41) is 10.2. The van der Waals surface area contributed by atoms with Gasteiger partial charge in [-0.1, -0.05) is 12.1 Å². The van der Waals surface area contributed by atoms with Crippen LogP contribution in [-0.4, -0.2) is 34.2 Å². The van der Waals surface area contributed by atoms with Gasteiger partial charge < -0.3 is 10.0 Å². The fraction of sp³-hybridized carbons (Fsp3) is 0.286. The molecule has 0 unspecified atom stereocenters. The lowest BCUT2D eigenvalue weighted by atomic mass is 10.2. The number of phenols is 1. The van der Waals surface area contributed by atoms with Crippen molar-refractivity contribution in [3.63, 3.8) is 0 Å². The first-order valence-corrected chi connectivity index (χ1v) is 7.10. The molecule has 3 rings (SSSR count). The zero-order valence-electron chi connectivity index (χ0n) is 10.4. The smallest absolute Gasteiger partial charge is 0.286 e. The second kappa shape index (κ2) is 5.09. The largest absolute Gasteiger partial charge is 0.508 e. The summed E-state index contributed by atoms with van der Waals surface area (Å²) >= 11 is 1.42. The van der Waals surface area contributed by atoms with Crippen LogP contribution < -0.4 is 0 Å². The summed E-state index contributed by atoms with van der Waals surface area (Å²) in [6.45, 7) is 1.97. The van der Waals surface area contributed by atoms with Crippen molar-refractivity contribution in [3.8, 4) is 5.75 Å². The number of thioether (sulfide) groups is 1. The van der Waals surface area contributed by atoms with E-state index in [1.54, 1.807) is 24.3 Å². The van der Waals surface area contributed by atoms with Gasteiger partial charge in [-0.2, -0.15) is 4.99 Å². The van der Waals surface area contributed by atoms with E-state index < -0.39 is 0 Å². The van der Waals surface area contributed by atoms with E-state index in [1.807, 2.05) is 6.07 Å². The molecule has 2 aliphatic heterocycles. The third kappa shape index (κ3) is 2.66. The van der Waals surface area contributed by atoms with Crippen molar-refractivity contribution in [3.05, 3.63) is 34.7 Å². The van der Waals surface area contributed by atoms with Crippen molar-refractivity contribution in [1.29, 1.82) is 0 Å². The van der Waals surface area contributed by atoms with E-state index >= 15 is 0 Å². The Bertz CT molecular complexity index is 575. The van der Waals surface area contributed by atoms with Crippen LogP contribution in [0.3, 0.4) is 0 Å². The molecule has 0 aliphatic carbocycles. The highest BCUT2D eigenvalue weighted by Gasteiger charge is 2.27. The predicted octanol–water partition coefficient (Wildman–Crippen LogP) is 2.46. The number of carbonyl (C=O) groups excluding carboxylic acids is 1. The molecule has 5 heteroatoms. The molecule has 0 aromatic heterocycles. The molecule has 4 nitrogen and oxygen atoms in total. The van der Waals surface area contributed by atoms with Crippen LogP contribution in [0.4, 0.5) is 0 Å². The number of hydrogen-bond donors (Lipinski definition) is 1. The molecule has 19 heavy (non-hydrogen) atoms. The number of amidine groups is 1. The van der Waals surface area contributed by atoms with Crippen LogP contribution in [0.5, 0.6) is 5.75 Å². The van der Waals surface area contributed by atoms with Gasteiger partial charge in [0.25, 0.3) is 5.91 Å². The molecular weight excluding hydrogens is 260 g/mol. The van der Waals surface area contributed by atoms with Gasteiger partial charge in [0, 0.05) is 13.1 Å². The van der Waals surface area contributed by atoms with Gasteiger partial charge in [-0.3, -0.25) is 4.79 Å². The Labute approximate surface area is 115 Å². The fourth-order valence-corrected chi connectivity index (χ4v) is 3.17. The number of benzene rings is 1. The molecule has 1 saturated heterocycles. The lowest BCUT2D eigenvalue weighted by Crippen LogP contribution is -2.23. The summed E-state index contributed by atoms with van der Waals surface area (Å²) in [4.78, 5) is 18.7. The molecule has 1 amide bonds. The van der Waals surface area contributed by atoms with E-state index in [-0.39, 0.29) is 11.7 Å². The summed E-state index contributed by atoms with van der Waals surface area (Å²) < 4.78 is 0. The van der Waals surface area contributed by atoms with E-state index in [2.05, 4.69) is 9.89 Å². The van der Waals surface area contributed by atoms with Crippen molar-refractivity contribution in [1.82, 2.24) is 4.90 Å². The highest BCUT2D eigenvalue weighted by molar-refractivity contribution is 8.18. The van der Waals surface area contributed by atoms with Gasteiger partial charge in [0.15, 0.2) is 5.17 Å². The monoisotopic (exact) mass is 274 g/mol. The number of nitrogens with zero attached hydrogens (tertiary/aromatic N) is 2. The standard InChI is InChI=1S/C14H14N2O2S/c17-11-5-3-4-10(8-11)9-12-13(18)15-14(19-12)16-6-1-2-7-16/h3-5,8-9,17H,1-2,6-7H2. The quantitative estimate of drug-likeness (QED) is 0.799. The van der Waals surface area contributed by atoms with E-state index in [9.17, 15) is 9.90 Å². The van der Waals surface area contributed by atoms with Crippen LogP contribution in [0.1, 0.15) is 18.4 Å². The van der Waals surface area contributed by atoms with E-state index in [0.29, 0.717) is 4.91 Å². The number of hydrogen-bond acceptors (Lipinski definition) is 4. The van der Waals surface area contributed by atoms with Crippen molar-refractivity contribution in [2.75, 3.05) is 13.1 Å². The van der Waals surface area contributed by atoms with Gasteiger partial charge in [-0.25, -0.2) is 0 Å². The maximum atomic E-state index is 11.9. The van der Waals surface area contributed by atoms with E-state index in [1.165, 1.54) is 24.6 Å². The molecule has 1 fully saturated rings. The second-order valence-corrected chi connectivity index (χ2v) is 5.61. The Morgan fingerprint density at radius 1 is 1.32 bits per heavy atom. The van der Waals surface area contributed by atoms with Gasteiger partial charge in [0.2, 0.25) is 0 Å². The molecule has 1 aromatic rings. The molecule has 1 aromatic carbocycles. The highest BCUT2D eigenvalue weighted by atomic mass is 32.2. The average molecular weight is 274 g/mol. The number of amides is 1. The SMILES string of the molecule is O=C1N=C(N2CCCC2)SC1=Cc1cccc(O)c1. The summed E-state index contributed by atoms with van der Waals surface area (Å²) in [6.07, 6.45) is 4.11. The lowest BCUT2D eigenvalue weighted by Gasteiger charge is -2.14. The molecule has 98 valence electrons. The predicted molar refractivity (Wildman–Crippen MR) is 76.9 cm³/mol. The van der Waals surface area contributed by atoms with Gasteiger partial charge in [0.05, 0.1) is 4.91 Å². The number of phenolic OH excluding ortho intramolecular Hbond substituents is 1. The van der Waals surface area contributed by atoms with Gasteiger partial charge in [-0.15, -0.1) is 0 Å². The first-order chi connectivity index (χ1) is 9.22. The minimum absolute atomic E-state index is 0.185. The van der Waals surface area contributed by atoms with Crippen molar-refractivity contribution < 1.29 is 9.90 Å². The first-order valence-electron chi connectivity index (χ1n) is 6.29. The lowest BCUT2D eigenvalue weighted by molar-refractivity contribution is -0.113. The number of carbonyl (C=O) groups is 1. The van der Waals surface area contributed by atoms with Crippen molar-refractivity contribution in [2.45, 2.75) is 12.8 Å². The molecular formula is C14H14N2O2S. The number of aliphatic imine (C=N–C) groups is 1. The molecule has 0 atom stereocenters. The van der Waals surface area contributed by atoms with Crippen molar-refractivity contribution in [2.24, 2.45) is 4.99 Å². The van der Waals surface area contributed by atoms with Crippen LogP contribution in [0.25, 0.3) is 6.08 Å².